The summed E-state index contributed by atoms with van der Waals surface area (Å²) in [4.78, 5) is 12.5. The Kier molecular flexibility index (Phi) is 6.59. The average molecular weight is 459 g/mol. The topological polar surface area (TPSA) is 126 Å². The van der Waals surface area contributed by atoms with Crippen LogP contribution in [0, 0.1) is 0 Å². The normalized spacial score (nSPS) is 29.7. The van der Waals surface area contributed by atoms with Gasteiger partial charge in [0.25, 0.3) is 0 Å². The molecule has 0 bridgehead atoms. The molecule has 0 radical (unpaired) electrons. The van der Waals surface area contributed by atoms with E-state index < -0.39 is 42.3 Å². The van der Waals surface area contributed by atoms with Crippen molar-refractivity contribution in [3.05, 3.63) is 69.8 Å². The number of carbonyl (C=O) groups is 1. The lowest BCUT2D eigenvalue weighted by Crippen LogP contribution is -2.64. The minimum absolute atomic E-state index is 0.0111. The molecule has 4 N–H and O–H groups in total. The lowest BCUT2D eigenvalue weighted by atomic mass is 9.84. The highest BCUT2D eigenvalue weighted by molar-refractivity contribution is 5.91. The van der Waals surface area contributed by atoms with Gasteiger partial charge in [-0.1, -0.05) is 31.2 Å². The van der Waals surface area contributed by atoms with Crippen molar-refractivity contribution in [2.45, 2.75) is 69.6 Å². The molecule has 2 aliphatic rings. The summed E-state index contributed by atoms with van der Waals surface area (Å²) >= 11 is 0. The second-order valence-electron chi connectivity index (χ2n) is 8.71. The van der Waals surface area contributed by atoms with Gasteiger partial charge in [0.1, 0.15) is 24.4 Å². The molecule has 0 aromatic heterocycles. The Labute approximate surface area is 192 Å². The summed E-state index contributed by atoms with van der Waals surface area (Å²) in [5, 5.41) is 41.8. The van der Waals surface area contributed by atoms with Gasteiger partial charge < -0.3 is 34.6 Å². The van der Waals surface area contributed by atoms with E-state index in [1.165, 1.54) is 19.6 Å². The lowest BCUT2D eigenvalue weighted by molar-refractivity contribution is -0.374. The Morgan fingerprint density at radius 3 is 2.42 bits per heavy atom. The molecule has 8 nitrogen and oxygen atoms in total. The Hall–Kier alpha value is -2.33. The van der Waals surface area contributed by atoms with Gasteiger partial charge in [0.05, 0.1) is 25.4 Å². The van der Waals surface area contributed by atoms with E-state index in [-0.39, 0.29) is 6.61 Å². The predicted molar refractivity (Wildman–Crippen MR) is 117 cm³/mol. The maximum atomic E-state index is 12.5. The highest BCUT2D eigenvalue weighted by atomic mass is 16.7. The number of aliphatic hydroxyl groups excluding tert-OH is 4. The van der Waals surface area contributed by atoms with Crippen molar-refractivity contribution in [1.29, 1.82) is 0 Å². The molecule has 2 aliphatic heterocycles. The molecule has 2 aromatic carbocycles. The van der Waals surface area contributed by atoms with E-state index in [2.05, 4.69) is 6.92 Å². The number of methoxy groups -OCH3 is 1. The average Bonchev–Trinajstić information content (AvgIpc) is 3.17. The summed E-state index contributed by atoms with van der Waals surface area (Å²) in [6.45, 7) is 3.51. The Balaban J connectivity index is 1.80. The van der Waals surface area contributed by atoms with E-state index in [9.17, 15) is 25.2 Å². The van der Waals surface area contributed by atoms with Crippen LogP contribution in [0.2, 0.25) is 0 Å². The zero-order valence-corrected chi connectivity index (χ0v) is 18.9. The summed E-state index contributed by atoms with van der Waals surface area (Å²) in [5.41, 5.74) is 4.22. The van der Waals surface area contributed by atoms with Crippen molar-refractivity contribution in [2.75, 3.05) is 7.11 Å². The number of aliphatic hydroxyl groups is 4. The second-order valence-corrected chi connectivity index (χ2v) is 8.71. The minimum Gasteiger partial charge on any atom is -0.465 e. The molecule has 1 saturated heterocycles. The summed E-state index contributed by atoms with van der Waals surface area (Å²) in [5.74, 6) is -2.29. The summed E-state index contributed by atoms with van der Waals surface area (Å²) in [7, 11) is 1.31. The summed E-state index contributed by atoms with van der Waals surface area (Å²) in [6.07, 6.45) is -5.68. The third-order valence-corrected chi connectivity index (χ3v) is 6.56. The molecular weight excluding hydrogens is 428 g/mol. The van der Waals surface area contributed by atoms with Crippen LogP contribution in [0.5, 0.6) is 0 Å². The van der Waals surface area contributed by atoms with E-state index in [1.54, 1.807) is 12.1 Å². The fourth-order valence-electron chi connectivity index (χ4n) is 4.63. The van der Waals surface area contributed by atoms with Crippen LogP contribution in [0.3, 0.4) is 0 Å². The number of hydrogen-bond donors (Lipinski definition) is 4. The monoisotopic (exact) mass is 458 g/mol. The number of fused-ring (bicyclic) bond motifs is 2. The number of esters is 1. The standard InChI is InChI=1S/C25H30O8/c1-4-14-5-7-15(8-6-14)9-16-11-19-17(10-18(16)24(30)31-3)12-32-25(19)23(29)21(28)20(27)22(33-25)13(2)26/h5-8,10-11,13,20-23,26-29H,4,9,12H2,1-3H3/t13-,20+,21+,22-,23-,25+/m1/s1. The zero-order chi connectivity index (χ0) is 23.9. The fourth-order valence-corrected chi connectivity index (χ4v) is 4.63. The van der Waals surface area contributed by atoms with Crippen molar-refractivity contribution in [3.63, 3.8) is 0 Å². The fraction of sp³-hybridized carbons (Fsp3) is 0.480. The van der Waals surface area contributed by atoms with E-state index in [0.717, 1.165) is 12.0 Å². The van der Waals surface area contributed by atoms with Crippen LogP contribution in [-0.4, -0.2) is 64.0 Å². The van der Waals surface area contributed by atoms with Crippen LogP contribution in [0.15, 0.2) is 36.4 Å². The van der Waals surface area contributed by atoms with E-state index in [0.29, 0.717) is 28.7 Å². The molecule has 0 unspecified atom stereocenters. The molecule has 33 heavy (non-hydrogen) atoms. The largest absolute Gasteiger partial charge is 0.465 e. The van der Waals surface area contributed by atoms with Gasteiger partial charge in [-0.3, -0.25) is 0 Å². The van der Waals surface area contributed by atoms with Gasteiger partial charge in [-0.25, -0.2) is 4.79 Å². The van der Waals surface area contributed by atoms with Crippen molar-refractivity contribution in [2.24, 2.45) is 0 Å². The van der Waals surface area contributed by atoms with Crippen LogP contribution in [-0.2, 0) is 39.4 Å². The predicted octanol–water partition coefficient (Wildman–Crippen LogP) is 1.17. The molecule has 6 atom stereocenters. The van der Waals surface area contributed by atoms with Gasteiger partial charge in [0.15, 0.2) is 0 Å². The van der Waals surface area contributed by atoms with E-state index in [4.69, 9.17) is 14.2 Å². The van der Waals surface area contributed by atoms with Crippen molar-refractivity contribution >= 4 is 5.97 Å². The van der Waals surface area contributed by atoms with Crippen LogP contribution in [0.25, 0.3) is 0 Å². The third-order valence-electron chi connectivity index (χ3n) is 6.56. The first-order valence-corrected chi connectivity index (χ1v) is 11.1. The number of hydrogen-bond acceptors (Lipinski definition) is 8. The Morgan fingerprint density at radius 1 is 1.15 bits per heavy atom. The summed E-state index contributed by atoms with van der Waals surface area (Å²) < 4.78 is 16.8. The maximum Gasteiger partial charge on any atom is 0.338 e. The van der Waals surface area contributed by atoms with Crippen molar-refractivity contribution < 1.29 is 39.4 Å². The molecule has 1 spiro atoms. The smallest absolute Gasteiger partial charge is 0.338 e. The molecule has 178 valence electrons. The number of benzene rings is 2. The molecule has 2 heterocycles. The Bertz CT molecular complexity index is 1020. The number of aryl methyl sites for hydroxylation is 1. The van der Waals surface area contributed by atoms with Gasteiger partial charge >= 0.3 is 5.97 Å². The molecule has 0 aliphatic carbocycles. The van der Waals surface area contributed by atoms with Crippen LogP contribution >= 0.6 is 0 Å². The number of rotatable bonds is 5. The first kappa shape index (κ1) is 23.8. The quantitative estimate of drug-likeness (QED) is 0.492. The van der Waals surface area contributed by atoms with Gasteiger partial charge in [0, 0.05) is 5.56 Å². The van der Waals surface area contributed by atoms with Crippen molar-refractivity contribution in [3.8, 4) is 0 Å². The molecule has 4 rings (SSSR count). The highest BCUT2D eigenvalue weighted by Crippen LogP contribution is 2.47. The van der Waals surface area contributed by atoms with E-state index in [1.807, 2.05) is 24.3 Å². The van der Waals surface area contributed by atoms with Gasteiger partial charge in [-0.2, -0.15) is 0 Å². The molecule has 2 aromatic rings. The SMILES string of the molecule is CCc1ccc(Cc2cc3c(cc2C(=O)OC)CO[C@]32O[C@H]([C@@H](C)O)[C@@H](O)[C@H](O)[C@H]2O)cc1. The number of ether oxygens (including phenoxy) is 3. The minimum atomic E-state index is -1.79. The second kappa shape index (κ2) is 9.13. The highest BCUT2D eigenvalue weighted by Gasteiger charge is 2.59. The molecule has 1 fully saturated rings. The van der Waals surface area contributed by atoms with E-state index >= 15 is 0 Å². The third kappa shape index (κ3) is 4.07. The molecular formula is C25H30O8. The maximum absolute atomic E-state index is 12.5. The summed E-state index contributed by atoms with van der Waals surface area (Å²) in [6, 6.07) is 11.4. The first-order valence-electron chi connectivity index (χ1n) is 11.1. The van der Waals surface area contributed by atoms with Gasteiger partial charge in [0.2, 0.25) is 5.79 Å². The van der Waals surface area contributed by atoms with Crippen LogP contribution in [0.1, 0.15) is 52.0 Å². The molecule has 8 heteroatoms. The lowest BCUT2D eigenvalue weighted by Gasteiger charge is -2.47. The van der Waals surface area contributed by atoms with Gasteiger partial charge in [-0.15, -0.1) is 0 Å². The zero-order valence-electron chi connectivity index (χ0n) is 18.9. The van der Waals surface area contributed by atoms with Crippen molar-refractivity contribution in [1.82, 2.24) is 0 Å². The van der Waals surface area contributed by atoms with Crippen LogP contribution in [0.4, 0.5) is 0 Å². The van der Waals surface area contributed by atoms with Crippen LogP contribution < -0.4 is 0 Å². The van der Waals surface area contributed by atoms with Gasteiger partial charge in [-0.05, 0) is 54.2 Å². The number of carbonyl (C=O) groups excluding carboxylic acids is 1. The molecule has 0 amide bonds. The Morgan fingerprint density at radius 2 is 1.82 bits per heavy atom. The molecule has 0 saturated carbocycles. The first-order chi connectivity index (χ1) is 15.7.